The molecule has 1 aliphatic heterocycles. The quantitative estimate of drug-likeness (QED) is 0.347. The zero-order valence-electron chi connectivity index (χ0n) is 17.3. The predicted molar refractivity (Wildman–Crippen MR) is 125 cm³/mol. The van der Waals surface area contributed by atoms with E-state index in [1.807, 2.05) is 30.3 Å². The molecule has 0 saturated carbocycles. The van der Waals surface area contributed by atoms with Crippen LogP contribution in [0.4, 0.5) is 0 Å². The average Bonchev–Trinajstić information content (AvgIpc) is 2.79. The van der Waals surface area contributed by atoms with E-state index in [0.717, 1.165) is 4.90 Å². The minimum absolute atomic E-state index is 0.0315. The van der Waals surface area contributed by atoms with Gasteiger partial charge in [0.25, 0.3) is 0 Å². The van der Waals surface area contributed by atoms with E-state index in [2.05, 4.69) is 5.32 Å². The number of halogens is 2. The van der Waals surface area contributed by atoms with Crippen LogP contribution in [0, 0.1) is 0 Å². The van der Waals surface area contributed by atoms with Gasteiger partial charge in [0.1, 0.15) is 0 Å². The molecular weight excluding hydrogens is 489 g/mol. The second-order valence-corrected chi connectivity index (χ2v) is 8.78. The average molecular weight is 508 g/mol. The number of hydrogen-bond donors (Lipinski definition) is 3. The minimum Gasteiger partial charge on any atom is -0.478 e. The predicted octanol–water partition coefficient (Wildman–Crippen LogP) is 4.71. The van der Waals surface area contributed by atoms with Crippen molar-refractivity contribution in [2.45, 2.75) is 17.2 Å². The van der Waals surface area contributed by atoms with Crippen LogP contribution in [-0.2, 0) is 19.1 Å². The largest absolute Gasteiger partial charge is 0.478 e. The van der Waals surface area contributed by atoms with Crippen molar-refractivity contribution in [1.29, 1.82) is 0 Å². The molecule has 0 aromatic heterocycles. The van der Waals surface area contributed by atoms with Crippen LogP contribution in [-0.4, -0.2) is 41.0 Å². The molecule has 1 atom stereocenters. The minimum atomic E-state index is -1.39. The highest BCUT2D eigenvalue weighted by Crippen LogP contribution is 2.44. The van der Waals surface area contributed by atoms with Crippen LogP contribution >= 0.6 is 35.0 Å². The summed E-state index contributed by atoms with van der Waals surface area (Å²) in [7, 11) is 1.18. The molecule has 0 amide bonds. The zero-order chi connectivity index (χ0) is 24.1. The van der Waals surface area contributed by atoms with Crippen molar-refractivity contribution in [2.24, 2.45) is 0 Å². The number of rotatable bonds is 8. The summed E-state index contributed by atoms with van der Waals surface area (Å²) in [6, 6.07) is 13.9. The number of carbonyl (C=O) groups excluding carboxylic acids is 1. The molecule has 0 spiro atoms. The zero-order valence-corrected chi connectivity index (χ0v) is 19.6. The lowest BCUT2D eigenvalue weighted by atomic mass is 9.79. The number of carbonyl (C=O) groups is 3. The van der Waals surface area contributed by atoms with Crippen LogP contribution in [0.1, 0.15) is 17.9 Å². The van der Waals surface area contributed by atoms with Crippen molar-refractivity contribution in [3.63, 3.8) is 0 Å². The molecule has 3 N–H and O–H groups in total. The van der Waals surface area contributed by atoms with Crippen LogP contribution in [0.5, 0.6) is 0 Å². The normalized spacial score (nSPS) is 15.8. The monoisotopic (exact) mass is 507 g/mol. The summed E-state index contributed by atoms with van der Waals surface area (Å²) in [5.74, 6) is -4.48. The number of aliphatic carboxylic acids is 2. The van der Waals surface area contributed by atoms with E-state index in [-0.39, 0.29) is 50.3 Å². The first-order chi connectivity index (χ1) is 15.7. The highest BCUT2D eigenvalue weighted by Gasteiger charge is 2.40. The third-order valence-corrected chi connectivity index (χ3v) is 6.83. The van der Waals surface area contributed by atoms with Gasteiger partial charge in [-0.25, -0.2) is 9.59 Å². The maximum absolute atomic E-state index is 12.4. The number of ether oxygens (including phenoxy) is 1. The maximum Gasteiger partial charge on any atom is 0.334 e. The Balaban J connectivity index is 2.20. The molecule has 0 saturated heterocycles. The van der Waals surface area contributed by atoms with E-state index in [0.29, 0.717) is 0 Å². The standard InChI is InChI=1S/C23H19Cl2NO6S/c1-32-17(27)10-15-19(22(28)29)18(13-8-5-9-14(24)21(13)25)20(23(30)31)16(26-15)11-33-12-6-3-2-4-7-12/h2-9,18,26H,10-11H2,1H3,(H,28,29)(H,30,31). The molecule has 7 nitrogen and oxygen atoms in total. The number of esters is 1. The van der Waals surface area contributed by atoms with Crippen LogP contribution in [0.2, 0.25) is 10.0 Å². The van der Waals surface area contributed by atoms with Gasteiger partial charge in [-0.15, -0.1) is 11.8 Å². The Morgan fingerprint density at radius 3 is 2.21 bits per heavy atom. The lowest BCUT2D eigenvalue weighted by molar-refractivity contribution is -0.139. The topological polar surface area (TPSA) is 113 Å². The van der Waals surface area contributed by atoms with Crippen molar-refractivity contribution in [1.82, 2.24) is 5.32 Å². The number of carboxylic acids is 2. The molecule has 3 rings (SSSR count). The summed E-state index contributed by atoms with van der Waals surface area (Å²) in [4.78, 5) is 37.7. The first kappa shape index (κ1) is 24.7. The van der Waals surface area contributed by atoms with Gasteiger partial charge in [0, 0.05) is 22.0 Å². The molecule has 0 radical (unpaired) electrons. The van der Waals surface area contributed by atoms with E-state index in [9.17, 15) is 24.6 Å². The summed E-state index contributed by atoms with van der Waals surface area (Å²) in [5.41, 5.74) is -0.000521. The van der Waals surface area contributed by atoms with E-state index >= 15 is 0 Å². The van der Waals surface area contributed by atoms with E-state index in [1.165, 1.54) is 31.0 Å². The van der Waals surface area contributed by atoms with E-state index in [4.69, 9.17) is 27.9 Å². The third kappa shape index (κ3) is 5.52. The van der Waals surface area contributed by atoms with Gasteiger partial charge in [0.05, 0.1) is 40.6 Å². The number of carboxylic acid groups (broad SMARTS) is 2. The fraction of sp³-hybridized carbons (Fsp3) is 0.174. The molecule has 33 heavy (non-hydrogen) atoms. The number of thioether (sulfide) groups is 1. The smallest absolute Gasteiger partial charge is 0.334 e. The number of dihydropyridines is 1. The summed E-state index contributed by atoms with van der Waals surface area (Å²) >= 11 is 13.9. The molecule has 0 bridgehead atoms. The molecule has 2 aromatic carbocycles. The van der Waals surface area contributed by atoms with Gasteiger partial charge in [-0.3, -0.25) is 4.79 Å². The summed E-state index contributed by atoms with van der Waals surface area (Å²) in [5, 5.41) is 23.2. The van der Waals surface area contributed by atoms with Crippen LogP contribution in [0.3, 0.4) is 0 Å². The first-order valence-electron chi connectivity index (χ1n) is 9.62. The summed E-state index contributed by atoms with van der Waals surface area (Å²) in [6.07, 6.45) is -0.390. The molecule has 1 aliphatic rings. The fourth-order valence-corrected chi connectivity index (χ4v) is 4.82. The Morgan fingerprint density at radius 2 is 1.61 bits per heavy atom. The molecule has 0 aliphatic carbocycles. The summed E-state index contributed by atoms with van der Waals surface area (Å²) in [6.45, 7) is 0. The van der Waals surface area contributed by atoms with Gasteiger partial charge >= 0.3 is 17.9 Å². The molecule has 2 aromatic rings. The Morgan fingerprint density at radius 1 is 0.970 bits per heavy atom. The second kappa shape index (κ2) is 10.8. The lowest BCUT2D eigenvalue weighted by Gasteiger charge is -2.31. The van der Waals surface area contributed by atoms with Crippen LogP contribution in [0.15, 0.2) is 76.0 Å². The summed E-state index contributed by atoms with van der Waals surface area (Å²) < 4.78 is 4.71. The van der Waals surface area contributed by atoms with Gasteiger partial charge in [-0.05, 0) is 23.8 Å². The molecular formula is C23H19Cl2NO6S. The van der Waals surface area contributed by atoms with Crippen LogP contribution in [0.25, 0.3) is 0 Å². The highest BCUT2D eigenvalue weighted by molar-refractivity contribution is 7.99. The van der Waals surface area contributed by atoms with Crippen molar-refractivity contribution >= 4 is 52.9 Å². The Kier molecular flexibility index (Phi) is 8.07. The van der Waals surface area contributed by atoms with Gasteiger partial charge in [0.15, 0.2) is 0 Å². The van der Waals surface area contributed by atoms with Crippen molar-refractivity contribution in [3.8, 4) is 0 Å². The number of methoxy groups -OCH3 is 1. The molecule has 1 unspecified atom stereocenters. The van der Waals surface area contributed by atoms with E-state index in [1.54, 1.807) is 6.07 Å². The molecule has 0 fully saturated rings. The molecule has 1 heterocycles. The number of benzene rings is 2. The Bertz CT molecular complexity index is 1160. The molecule has 172 valence electrons. The first-order valence-corrected chi connectivity index (χ1v) is 11.4. The highest BCUT2D eigenvalue weighted by atomic mass is 35.5. The number of hydrogen-bond acceptors (Lipinski definition) is 6. The van der Waals surface area contributed by atoms with Crippen molar-refractivity contribution in [2.75, 3.05) is 12.9 Å². The Hall–Kier alpha value is -2.94. The number of nitrogens with one attached hydrogen (secondary N) is 1. The van der Waals surface area contributed by atoms with Crippen molar-refractivity contribution in [3.05, 3.63) is 86.7 Å². The third-order valence-electron chi connectivity index (χ3n) is 4.96. The second-order valence-electron chi connectivity index (χ2n) is 6.95. The molecule has 10 heteroatoms. The van der Waals surface area contributed by atoms with E-state index < -0.39 is 23.8 Å². The van der Waals surface area contributed by atoms with Gasteiger partial charge in [-0.2, -0.15) is 0 Å². The maximum atomic E-state index is 12.4. The Labute approximate surface area is 204 Å². The van der Waals surface area contributed by atoms with Crippen LogP contribution < -0.4 is 5.32 Å². The van der Waals surface area contributed by atoms with Gasteiger partial charge < -0.3 is 20.3 Å². The van der Waals surface area contributed by atoms with Crippen molar-refractivity contribution < 1.29 is 29.3 Å². The van der Waals surface area contributed by atoms with Gasteiger partial charge in [-0.1, -0.05) is 53.5 Å². The van der Waals surface area contributed by atoms with Gasteiger partial charge in [0.2, 0.25) is 0 Å². The SMILES string of the molecule is COC(=O)CC1=C(C(=O)O)C(c2cccc(Cl)c2Cl)C(C(=O)O)=C(CSc2ccccc2)N1. The fourth-order valence-electron chi connectivity index (χ4n) is 3.51. The lowest BCUT2D eigenvalue weighted by Crippen LogP contribution is -2.34.